The third-order valence-corrected chi connectivity index (χ3v) is 2.48. The highest BCUT2D eigenvalue weighted by atomic mass is 16.6. The minimum absolute atomic E-state index is 0.109. The molecular formula is C13H27N3O3. The molecule has 0 radical (unpaired) electrons. The van der Waals surface area contributed by atoms with E-state index in [1.165, 1.54) is 4.90 Å². The maximum Gasteiger partial charge on any atom is 0.410 e. The van der Waals surface area contributed by atoms with Crippen LogP contribution >= 0.6 is 0 Å². The standard InChI is InChI=1S/C13H27N3O3/c1-7-16(8-2)11(17)14-9-10-15(6)12(18)19-13(3,4)5/h7-10H2,1-6H3,(H,14,17). The van der Waals surface area contributed by atoms with E-state index in [2.05, 4.69) is 5.32 Å². The summed E-state index contributed by atoms with van der Waals surface area (Å²) < 4.78 is 5.21. The highest BCUT2D eigenvalue weighted by Crippen LogP contribution is 2.08. The van der Waals surface area contributed by atoms with E-state index < -0.39 is 5.60 Å². The largest absolute Gasteiger partial charge is 0.444 e. The molecule has 0 rings (SSSR count). The van der Waals surface area contributed by atoms with Crippen molar-refractivity contribution in [2.24, 2.45) is 0 Å². The van der Waals surface area contributed by atoms with Crippen LogP contribution < -0.4 is 5.32 Å². The van der Waals surface area contributed by atoms with Crippen molar-refractivity contribution in [3.8, 4) is 0 Å². The average molecular weight is 273 g/mol. The van der Waals surface area contributed by atoms with Crippen LogP contribution in [0.3, 0.4) is 0 Å². The molecular weight excluding hydrogens is 246 g/mol. The van der Waals surface area contributed by atoms with E-state index in [-0.39, 0.29) is 12.1 Å². The third kappa shape index (κ3) is 7.54. The summed E-state index contributed by atoms with van der Waals surface area (Å²) in [6.45, 7) is 11.5. The van der Waals surface area contributed by atoms with Crippen molar-refractivity contribution in [1.82, 2.24) is 15.1 Å². The lowest BCUT2D eigenvalue weighted by Gasteiger charge is -2.25. The fourth-order valence-corrected chi connectivity index (χ4v) is 1.38. The number of hydrogen-bond acceptors (Lipinski definition) is 3. The number of likely N-dealkylation sites (N-methyl/N-ethyl adjacent to an activating group) is 1. The van der Waals surface area contributed by atoms with Crippen LogP contribution in [0.5, 0.6) is 0 Å². The van der Waals surface area contributed by atoms with Gasteiger partial charge in [0.05, 0.1) is 0 Å². The van der Waals surface area contributed by atoms with Crippen molar-refractivity contribution >= 4 is 12.1 Å². The number of carbonyl (C=O) groups excluding carboxylic acids is 2. The summed E-state index contributed by atoms with van der Waals surface area (Å²) in [5.41, 5.74) is -0.504. The molecule has 0 aromatic heterocycles. The van der Waals surface area contributed by atoms with Crippen molar-refractivity contribution in [2.45, 2.75) is 40.2 Å². The number of amides is 3. The van der Waals surface area contributed by atoms with Gasteiger partial charge in [-0.3, -0.25) is 0 Å². The van der Waals surface area contributed by atoms with Gasteiger partial charge in [0.1, 0.15) is 5.60 Å². The first-order valence-electron chi connectivity index (χ1n) is 6.68. The molecule has 0 aliphatic heterocycles. The molecule has 0 heterocycles. The van der Waals surface area contributed by atoms with Gasteiger partial charge in [-0.05, 0) is 34.6 Å². The average Bonchev–Trinajstić information content (AvgIpc) is 2.28. The summed E-state index contributed by atoms with van der Waals surface area (Å²) in [4.78, 5) is 26.5. The zero-order chi connectivity index (χ0) is 15.1. The van der Waals surface area contributed by atoms with Crippen molar-refractivity contribution in [1.29, 1.82) is 0 Å². The number of nitrogens with one attached hydrogen (secondary N) is 1. The maximum absolute atomic E-state index is 11.7. The molecule has 0 unspecified atom stereocenters. The van der Waals surface area contributed by atoms with E-state index in [0.717, 1.165) is 0 Å². The van der Waals surface area contributed by atoms with Crippen LogP contribution in [0.2, 0.25) is 0 Å². The number of carbonyl (C=O) groups is 2. The Hall–Kier alpha value is -1.46. The van der Waals surface area contributed by atoms with Gasteiger partial charge in [-0.15, -0.1) is 0 Å². The number of rotatable bonds is 5. The molecule has 0 saturated carbocycles. The number of hydrogen-bond donors (Lipinski definition) is 1. The summed E-state index contributed by atoms with van der Waals surface area (Å²) in [7, 11) is 1.65. The Morgan fingerprint density at radius 1 is 1.16 bits per heavy atom. The third-order valence-electron chi connectivity index (χ3n) is 2.48. The minimum Gasteiger partial charge on any atom is -0.444 e. The zero-order valence-electron chi connectivity index (χ0n) is 12.9. The first-order chi connectivity index (χ1) is 8.71. The van der Waals surface area contributed by atoms with Gasteiger partial charge in [-0.2, -0.15) is 0 Å². The van der Waals surface area contributed by atoms with E-state index in [1.54, 1.807) is 11.9 Å². The topological polar surface area (TPSA) is 61.9 Å². The molecule has 0 spiro atoms. The van der Waals surface area contributed by atoms with Crippen molar-refractivity contribution in [2.75, 3.05) is 33.2 Å². The number of ether oxygens (including phenoxy) is 1. The van der Waals surface area contributed by atoms with Gasteiger partial charge in [0, 0.05) is 33.2 Å². The molecule has 0 aromatic rings. The van der Waals surface area contributed by atoms with Gasteiger partial charge in [-0.1, -0.05) is 0 Å². The van der Waals surface area contributed by atoms with Crippen LogP contribution in [-0.2, 0) is 4.74 Å². The van der Waals surface area contributed by atoms with Gasteiger partial charge in [0.2, 0.25) is 0 Å². The molecule has 0 saturated heterocycles. The SMILES string of the molecule is CCN(CC)C(=O)NCCN(C)C(=O)OC(C)(C)C. The fourth-order valence-electron chi connectivity index (χ4n) is 1.38. The quantitative estimate of drug-likeness (QED) is 0.832. The smallest absolute Gasteiger partial charge is 0.410 e. The highest BCUT2D eigenvalue weighted by molar-refractivity contribution is 5.74. The lowest BCUT2D eigenvalue weighted by Crippen LogP contribution is -2.44. The van der Waals surface area contributed by atoms with E-state index in [1.807, 2.05) is 34.6 Å². The lowest BCUT2D eigenvalue weighted by molar-refractivity contribution is 0.0300. The van der Waals surface area contributed by atoms with Gasteiger partial charge < -0.3 is 19.9 Å². The first-order valence-corrected chi connectivity index (χ1v) is 6.68. The summed E-state index contributed by atoms with van der Waals surface area (Å²) in [6.07, 6.45) is -0.385. The Morgan fingerprint density at radius 3 is 2.11 bits per heavy atom. The van der Waals surface area contributed by atoms with E-state index in [4.69, 9.17) is 4.74 Å². The van der Waals surface area contributed by atoms with Crippen LogP contribution in [0.1, 0.15) is 34.6 Å². The second-order valence-corrected chi connectivity index (χ2v) is 5.31. The van der Waals surface area contributed by atoms with Crippen molar-refractivity contribution in [3.63, 3.8) is 0 Å². The minimum atomic E-state index is -0.504. The van der Waals surface area contributed by atoms with Crippen molar-refractivity contribution < 1.29 is 14.3 Å². The van der Waals surface area contributed by atoms with Gasteiger partial charge in [-0.25, -0.2) is 9.59 Å². The second kappa shape index (κ2) is 7.86. The van der Waals surface area contributed by atoms with Crippen molar-refractivity contribution in [3.05, 3.63) is 0 Å². The Morgan fingerprint density at radius 2 is 1.68 bits per heavy atom. The molecule has 6 nitrogen and oxygen atoms in total. The predicted octanol–water partition coefficient (Wildman–Crippen LogP) is 1.90. The highest BCUT2D eigenvalue weighted by Gasteiger charge is 2.19. The molecule has 0 aromatic carbocycles. The summed E-state index contributed by atoms with van der Waals surface area (Å²) in [5.74, 6) is 0. The molecule has 0 fully saturated rings. The first kappa shape index (κ1) is 17.5. The second-order valence-electron chi connectivity index (χ2n) is 5.31. The molecule has 19 heavy (non-hydrogen) atoms. The molecule has 0 bridgehead atoms. The molecule has 3 amide bonds. The predicted molar refractivity (Wildman–Crippen MR) is 75.2 cm³/mol. The molecule has 0 aliphatic carbocycles. The normalized spacial score (nSPS) is 10.8. The monoisotopic (exact) mass is 273 g/mol. The number of urea groups is 1. The fraction of sp³-hybridized carbons (Fsp3) is 0.846. The summed E-state index contributed by atoms with van der Waals surface area (Å²) >= 11 is 0. The van der Waals surface area contributed by atoms with Crippen LogP contribution in [0.25, 0.3) is 0 Å². The Balaban J connectivity index is 4.01. The summed E-state index contributed by atoms with van der Waals surface area (Å²) in [6, 6.07) is -0.109. The summed E-state index contributed by atoms with van der Waals surface area (Å²) in [5, 5.41) is 2.77. The van der Waals surface area contributed by atoms with Gasteiger partial charge in [0.25, 0.3) is 0 Å². The lowest BCUT2D eigenvalue weighted by atomic mass is 10.2. The Kier molecular flexibility index (Phi) is 7.26. The molecule has 112 valence electrons. The van der Waals surface area contributed by atoms with Crippen LogP contribution in [0.4, 0.5) is 9.59 Å². The molecule has 1 N–H and O–H groups in total. The molecule has 6 heteroatoms. The van der Waals surface area contributed by atoms with E-state index in [0.29, 0.717) is 26.2 Å². The zero-order valence-corrected chi connectivity index (χ0v) is 12.9. The van der Waals surface area contributed by atoms with Crippen LogP contribution in [0.15, 0.2) is 0 Å². The Labute approximate surface area is 116 Å². The van der Waals surface area contributed by atoms with Gasteiger partial charge >= 0.3 is 12.1 Å². The van der Waals surface area contributed by atoms with Crippen LogP contribution in [-0.4, -0.2) is 60.8 Å². The Bertz CT molecular complexity index is 296. The molecule has 0 atom stereocenters. The molecule has 0 aliphatic rings. The van der Waals surface area contributed by atoms with E-state index in [9.17, 15) is 9.59 Å². The van der Waals surface area contributed by atoms with Crippen LogP contribution in [0, 0.1) is 0 Å². The van der Waals surface area contributed by atoms with Gasteiger partial charge in [0.15, 0.2) is 0 Å². The number of nitrogens with zero attached hydrogens (tertiary/aromatic N) is 2. The van der Waals surface area contributed by atoms with E-state index >= 15 is 0 Å². The maximum atomic E-state index is 11.7.